The Labute approximate surface area is 178 Å². The minimum absolute atomic E-state index is 0.0213. The lowest BCUT2D eigenvalue weighted by Gasteiger charge is -2.23. The molecule has 0 spiro atoms. The maximum Gasteiger partial charge on any atom is 0.341 e. The highest BCUT2D eigenvalue weighted by molar-refractivity contribution is 5.33. The lowest BCUT2D eigenvalue weighted by atomic mass is 10.1. The maximum absolute atomic E-state index is 12.8. The fourth-order valence-corrected chi connectivity index (χ4v) is 3.32. The van der Waals surface area contributed by atoms with Crippen LogP contribution in [0.2, 0.25) is 0 Å². The van der Waals surface area contributed by atoms with Crippen molar-refractivity contribution >= 4 is 0 Å². The van der Waals surface area contributed by atoms with Crippen LogP contribution in [0, 0.1) is 0 Å². The van der Waals surface area contributed by atoms with Crippen LogP contribution in [0.15, 0.2) is 76.6 Å². The molecule has 0 fully saturated rings. The molecule has 1 aromatic carbocycles. The van der Waals surface area contributed by atoms with Crippen LogP contribution in [0.1, 0.15) is 18.5 Å². The third-order valence-corrected chi connectivity index (χ3v) is 5.23. The molecule has 1 N–H and O–H groups in total. The summed E-state index contributed by atoms with van der Waals surface area (Å²) in [7, 11) is 1.89. The second-order valence-electron chi connectivity index (χ2n) is 7.23. The molecule has 2 heterocycles. The van der Waals surface area contributed by atoms with Crippen LogP contribution in [-0.2, 0) is 19.8 Å². The Hall–Kier alpha value is -3.79. The van der Waals surface area contributed by atoms with Crippen LogP contribution in [0.25, 0.3) is 5.69 Å². The van der Waals surface area contributed by atoms with E-state index in [2.05, 4.69) is 23.2 Å². The lowest BCUT2D eigenvalue weighted by molar-refractivity contribution is -0.933. The Morgan fingerprint density at radius 1 is 0.968 bits per heavy atom. The number of benzene rings is 1. The third-order valence-electron chi connectivity index (χ3n) is 5.23. The molecule has 0 saturated carbocycles. The smallest absolute Gasteiger partial charge is 0.314 e. The Morgan fingerprint density at radius 3 is 2.00 bits per heavy atom. The van der Waals surface area contributed by atoms with Crippen molar-refractivity contribution in [2.75, 3.05) is 7.05 Å². The average molecular weight is 424 g/mol. The Balaban J connectivity index is 1.91. The summed E-state index contributed by atoms with van der Waals surface area (Å²) in [5, 5.41) is 4.11. The maximum atomic E-state index is 12.8. The van der Waals surface area contributed by atoms with Gasteiger partial charge in [0.1, 0.15) is 18.7 Å². The first-order valence-corrected chi connectivity index (χ1v) is 9.82. The molecule has 1 unspecified atom stereocenters. The van der Waals surface area contributed by atoms with Crippen LogP contribution in [0.4, 0.5) is 0 Å². The van der Waals surface area contributed by atoms with Gasteiger partial charge >= 0.3 is 17.1 Å². The molecule has 2 aromatic heterocycles. The van der Waals surface area contributed by atoms with Gasteiger partial charge < -0.3 is 4.90 Å². The van der Waals surface area contributed by atoms with Crippen LogP contribution >= 0.6 is 0 Å². The summed E-state index contributed by atoms with van der Waals surface area (Å²) >= 11 is 0. The first-order chi connectivity index (χ1) is 14.9. The van der Waals surface area contributed by atoms with E-state index in [0.29, 0.717) is 0 Å². The van der Waals surface area contributed by atoms with Crippen LogP contribution < -0.4 is 22.0 Å². The minimum Gasteiger partial charge on any atom is -0.314 e. The molecule has 10 heteroatoms. The van der Waals surface area contributed by atoms with Gasteiger partial charge in [-0.25, -0.2) is 33.2 Å². The number of rotatable bonds is 9. The molecule has 2 atom stereocenters. The molecule has 0 amide bonds. The van der Waals surface area contributed by atoms with Crippen molar-refractivity contribution in [2.24, 2.45) is 0 Å². The van der Waals surface area contributed by atoms with Gasteiger partial charge in [0, 0.05) is 5.56 Å². The highest BCUT2D eigenvalue weighted by Crippen LogP contribution is 2.12. The standard InChI is InChI=1S/C21H25N7O3/c1-5-11-25-19(29)26(12-6-2)21(31)27(20(25)30)15-24(4)16(3)17-7-9-18(10-8-17)28-14-22-13-23-28/h5-10,13-14,16H,1-2,11-12,15H2,3-4H3/p+1/t16-/m1/s1. The Kier molecular flexibility index (Phi) is 6.61. The van der Waals surface area contributed by atoms with Gasteiger partial charge in [0.05, 0.1) is 25.8 Å². The molecule has 0 aliphatic carbocycles. The average Bonchev–Trinajstić information content (AvgIpc) is 3.31. The number of aromatic nitrogens is 6. The normalized spacial score (nSPS) is 13.0. The van der Waals surface area contributed by atoms with Gasteiger partial charge in [0.15, 0.2) is 6.67 Å². The van der Waals surface area contributed by atoms with E-state index in [0.717, 1.165) is 29.9 Å². The molecule has 0 saturated heterocycles. The van der Waals surface area contributed by atoms with Crippen LogP contribution in [0.3, 0.4) is 0 Å². The lowest BCUT2D eigenvalue weighted by Crippen LogP contribution is -3.09. The second kappa shape index (κ2) is 9.35. The quantitative estimate of drug-likeness (QED) is 0.461. The fourth-order valence-electron chi connectivity index (χ4n) is 3.32. The molecule has 0 radical (unpaired) electrons. The predicted molar refractivity (Wildman–Crippen MR) is 116 cm³/mol. The van der Waals surface area contributed by atoms with E-state index in [-0.39, 0.29) is 25.8 Å². The molecular weight excluding hydrogens is 398 g/mol. The van der Waals surface area contributed by atoms with Gasteiger partial charge in [0.2, 0.25) is 0 Å². The van der Waals surface area contributed by atoms with Crippen molar-refractivity contribution < 1.29 is 4.90 Å². The summed E-state index contributed by atoms with van der Waals surface area (Å²) in [5.41, 5.74) is -0.0570. The highest BCUT2D eigenvalue weighted by atomic mass is 16.2. The number of quaternary nitrogens is 1. The monoisotopic (exact) mass is 424 g/mol. The number of nitrogens with one attached hydrogen (secondary N) is 1. The van der Waals surface area contributed by atoms with Crippen LogP contribution in [0.5, 0.6) is 0 Å². The molecule has 0 bridgehead atoms. The van der Waals surface area contributed by atoms with E-state index in [4.69, 9.17) is 0 Å². The zero-order valence-electron chi connectivity index (χ0n) is 17.6. The van der Waals surface area contributed by atoms with Crippen molar-refractivity contribution in [1.82, 2.24) is 28.5 Å². The summed E-state index contributed by atoms with van der Waals surface area (Å²) in [4.78, 5) is 43.0. The third kappa shape index (κ3) is 4.38. The molecule has 0 aliphatic rings. The van der Waals surface area contributed by atoms with E-state index in [1.807, 2.05) is 38.2 Å². The number of nitrogens with zero attached hydrogens (tertiary/aromatic N) is 6. The summed E-state index contributed by atoms with van der Waals surface area (Å²) in [5.74, 6) is 0. The van der Waals surface area contributed by atoms with Crippen molar-refractivity contribution in [2.45, 2.75) is 32.7 Å². The first kappa shape index (κ1) is 21.9. The number of hydrogen-bond donors (Lipinski definition) is 1. The molecule has 0 aliphatic heterocycles. The van der Waals surface area contributed by atoms with E-state index in [1.165, 1.54) is 18.5 Å². The Bertz CT molecular complexity index is 1190. The van der Waals surface area contributed by atoms with Crippen molar-refractivity contribution in [3.05, 3.63) is 99.2 Å². The molecule has 31 heavy (non-hydrogen) atoms. The van der Waals surface area contributed by atoms with E-state index < -0.39 is 17.1 Å². The molecule has 162 valence electrons. The van der Waals surface area contributed by atoms with Gasteiger partial charge in [-0.3, -0.25) is 0 Å². The Morgan fingerprint density at radius 2 is 1.52 bits per heavy atom. The summed E-state index contributed by atoms with van der Waals surface area (Å²) < 4.78 is 4.75. The minimum atomic E-state index is -0.666. The van der Waals surface area contributed by atoms with Crippen molar-refractivity contribution in [1.29, 1.82) is 0 Å². The first-order valence-electron chi connectivity index (χ1n) is 9.82. The molecule has 3 rings (SSSR count). The number of allylic oxidation sites excluding steroid dienone is 2. The second-order valence-corrected chi connectivity index (χ2v) is 7.23. The van der Waals surface area contributed by atoms with Gasteiger partial charge in [-0.05, 0) is 19.1 Å². The van der Waals surface area contributed by atoms with Gasteiger partial charge in [-0.1, -0.05) is 24.3 Å². The van der Waals surface area contributed by atoms with Gasteiger partial charge in [-0.2, -0.15) is 9.67 Å². The van der Waals surface area contributed by atoms with E-state index in [9.17, 15) is 14.4 Å². The van der Waals surface area contributed by atoms with E-state index in [1.54, 1.807) is 11.0 Å². The zero-order valence-corrected chi connectivity index (χ0v) is 17.6. The SMILES string of the molecule is C=CCn1c(=O)n(CC=C)c(=O)n(C[NH+](C)[C@H](C)c2ccc(-n3cncn3)cc2)c1=O. The fraction of sp³-hybridized carbons (Fsp3) is 0.286. The topological polar surface area (TPSA) is 101 Å². The van der Waals surface area contributed by atoms with Crippen molar-refractivity contribution in [3.63, 3.8) is 0 Å². The summed E-state index contributed by atoms with van der Waals surface area (Å²) in [6.07, 6.45) is 5.99. The largest absolute Gasteiger partial charge is 0.341 e. The molecular formula is C21H26N7O3+. The van der Waals surface area contributed by atoms with Gasteiger partial charge in [0.25, 0.3) is 0 Å². The molecule has 10 nitrogen and oxygen atoms in total. The zero-order chi connectivity index (χ0) is 22.5. The van der Waals surface area contributed by atoms with Gasteiger partial charge in [-0.15, -0.1) is 13.2 Å². The van der Waals surface area contributed by atoms with Crippen molar-refractivity contribution in [3.8, 4) is 5.69 Å². The molecule has 3 aromatic rings. The van der Waals surface area contributed by atoms with E-state index >= 15 is 0 Å². The highest BCUT2D eigenvalue weighted by Gasteiger charge is 2.21. The summed E-state index contributed by atoms with van der Waals surface area (Å²) in [6, 6.07) is 7.79. The number of hydrogen-bond acceptors (Lipinski definition) is 5. The van der Waals surface area contributed by atoms with Crippen LogP contribution in [-0.4, -0.2) is 35.5 Å². The summed E-state index contributed by atoms with van der Waals surface area (Å²) in [6.45, 7) is 9.32. The predicted octanol–water partition coefficient (Wildman–Crippen LogP) is -0.642.